The molecule has 2 heterocycles. The van der Waals surface area contributed by atoms with Gasteiger partial charge in [-0.3, -0.25) is 0 Å². The third-order valence-corrected chi connectivity index (χ3v) is 3.51. The first-order valence-electron chi connectivity index (χ1n) is 5.96. The zero-order valence-corrected chi connectivity index (χ0v) is 11.5. The molecule has 0 saturated heterocycles. The molecule has 100 valence electrons. The van der Waals surface area contributed by atoms with Crippen LogP contribution in [0.5, 0.6) is 11.5 Å². The van der Waals surface area contributed by atoms with Crippen LogP contribution in [0.4, 0.5) is 5.82 Å². The van der Waals surface area contributed by atoms with Crippen molar-refractivity contribution in [2.24, 2.45) is 7.05 Å². The molecule has 0 saturated carbocycles. The number of hydrogen-bond acceptors (Lipinski definition) is 4. The normalized spacial score (nSPS) is 13.6. The summed E-state index contributed by atoms with van der Waals surface area (Å²) in [7, 11) is 1.88. The fourth-order valence-electron chi connectivity index (χ4n) is 2.09. The van der Waals surface area contributed by atoms with Gasteiger partial charge >= 0.3 is 0 Å². The summed E-state index contributed by atoms with van der Waals surface area (Å²) < 4.78 is 12.9. The predicted molar refractivity (Wildman–Crippen MR) is 73.8 cm³/mol. The van der Waals surface area contributed by atoms with E-state index >= 15 is 0 Å². The lowest BCUT2D eigenvalue weighted by Gasteiger charge is -2.20. The van der Waals surface area contributed by atoms with Crippen LogP contribution < -0.4 is 15.2 Å². The van der Waals surface area contributed by atoms with Crippen LogP contribution >= 0.6 is 11.6 Å². The van der Waals surface area contributed by atoms with Gasteiger partial charge < -0.3 is 19.8 Å². The Balaban J connectivity index is 2.15. The molecular formula is C13H14ClN3O2. The van der Waals surface area contributed by atoms with Crippen LogP contribution in [0.2, 0.25) is 5.02 Å². The molecule has 5 nitrogen and oxygen atoms in total. The minimum atomic E-state index is 0.509. The molecule has 0 amide bonds. The number of rotatable bonds is 1. The van der Waals surface area contributed by atoms with Crippen LogP contribution in [0.15, 0.2) is 12.1 Å². The predicted octanol–water partition coefficient (Wildman–Crippen LogP) is 2.40. The maximum atomic E-state index is 6.22. The summed E-state index contributed by atoms with van der Waals surface area (Å²) in [6.45, 7) is 2.93. The van der Waals surface area contributed by atoms with Gasteiger partial charge in [0, 0.05) is 12.6 Å². The van der Waals surface area contributed by atoms with E-state index in [9.17, 15) is 0 Å². The first-order chi connectivity index (χ1) is 9.08. The number of imidazole rings is 1. The van der Waals surface area contributed by atoms with E-state index < -0.39 is 0 Å². The average molecular weight is 280 g/mol. The summed E-state index contributed by atoms with van der Waals surface area (Å²) in [5.41, 5.74) is 7.58. The molecule has 6 heteroatoms. The maximum Gasteiger partial charge on any atom is 0.179 e. The molecule has 19 heavy (non-hydrogen) atoms. The highest BCUT2D eigenvalue weighted by Crippen LogP contribution is 2.41. The lowest BCUT2D eigenvalue weighted by atomic mass is 10.1. The first-order valence-corrected chi connectivity index (χ1v) is 6.34. The van der Waals surface area contributed by atoms with Gasteiger partial charge in [0.2, 0.25) is 0 Å². The number of hydrogen-bond donors (Lipinski definition) is 1. The second kappa shape index (κ2) is 4.35. The SMILES string of the molecule is Cc1nc(-c2cc(Cl)c3c(c2)OCCO3)c(N)n1C. The van der Waals surface area contributed by atoms with Crippen molar-refractivity contribution in [1.82, 2.24) is 9.55 Å². The molecule has 0 fully saturated rings. The van der Waals surface area contributed by atoms with Crippen molar-refractivity contribution in [1.29, 1.82) is 0 Å². The standard InChI is InChI=1S/C13H14ClN3O2/c1-7-16-11(13(15)17(7)2)8-5-9(14)12-10(6-8)18-3-4-19-12/h5-6H,3-4,15H2,1-2H3. The van der Waals surface area contributed by atoms with Crippen molar-refractivity contribution in [2.45, 2.75) is 6.92 Å². The average Bonchev–Trinajstić information content (AvgIpc) is 2.66. The van der Waals surface area contributed by atoms with Crippen molar-refractivity contribution < 1.29 is 9.47 Å². The molecule has 2 aromatic rings. The summed E-state index contributed by atoms with van der Waals surface area (Å²) in [6.07, 6.45) is 0. The Morgan fingerprint density at radius 1 is 1.32 bits per heavy atom. The fourth-order valence-corrected chi connectivity index (χ4v) is 2.35. The van der Waals surface area contributed by atoms with E-state index in [1.165, 1.54) is 0 Å². The Morgan fingerprint density at radius 3 is 2.74 bits per heavy atom. The van der Waals surface area contributed by atoms with Gasteiger partial charge in [-0.05, 0) is 19.1 Å². The number of ether oxygens (including phenoxy) is 2. The number of fused-ring (bicyclic) bond motifs is 1. The van der Waals surface area contributed by atoms with E-state index in [-0.39, 0.29) is 0 Å². The molecular weight excluding hydrogens is 266 g/mol. The van der Waals surface area contributed by atoms with Crippen LogP contribution in [0, 0.1) is 6.92 Å². The van der Waals surface area contributed by atoms with Gasteiger partial charge in [0.05, 0.1) is 5.02 Å². The van der Waals surface area contributed by atoms with Gasteiger partial charge in [0.25, 0.3) is 0 Å². The Labute approximate surface area is 115 Å². The van der Waals surface area contributed by atoms with Crippen molar-refractivity contribution in [2.75, 3.05) is 18.9 Å². The lowest BCUT2D eigenvalue weighted by molar-refractivity contribution is 0.172. The number of aryl methyl sites for hydroxylation is 1. The number of nitrogens with zero attached hydrogens (tertiary/aromatic N) is 2. The van der Waals surface area contributed by atoms with Crippen LogP contribution in [0.3, 0.4) is 0 Å². The molecule has 0 radical (unpaired) electrons. The van der Waals surface area contributed by atoms with Gasteiger partial charge in [-0.25, -0.2) is 4.98 Å². The van der Waals surface area contributed by atoms with Gasteiger partial charge in [-0.15, -0.1) is 0 Å². The van der Waals surface area contributed by atoms with Crippen molar-refractivity contribution in [3.05, 3.63) is 23.0 Å². The molecule has 0 unspecified atom stereocenters. The molecule has 1 aromatic heterocycles. The van der Waals surface area contributed by atoms with Crippen LogP contribution in [0.25, 0.3) is 11.3 Å². The summed E-state index contributed by atoms with van der Waals surface area (Å²) in [6, 6.07) is 3.66. The van der Waals surface area contributed by atoms with E-state index in [0.717, 1.165) is 11.4 Å². The van der Waals surface area contributed by atoms with Crippen molar-refractivity contribution in [3.63, 3.8) is 0 Å². The largest absolute Gasteiger partial charge is 0.486 e. The van der Waals surface area contributed by atoms with E-state index in [1.54, 1.807) is 6.07 Å². The number of benzene rings is 1. The van der Waals surface area contributed by atoms with Crippen LogP contribution in [-0.4, -0.2) is 22.8 Å². The quantitative estimate of drug-likeness (QED) is 0.871. The van der Waals surface area contributed by atoms with E-state index in [4.69, 9.17) is 26.8 Å². The first kappa shape index (κ1) is 12.2. The highest BCUT2D eigenvalue weighted by atomic mass is 35.5. The van der Waals surface area contributed by atoms with Gasteiger partial charge in [0.1, 0.15) is 30.5 Å². The smallest absolute Gasteiger partial charge is 0.179 e. The Kier molecular flexibility index (Phi) is 2.78. The molecule has 0 aliphatic carbocycles. The minimum Gasteiger partial charge on any atom is -0.486 e. The summed E-state index contributed by atoms with van der Waals surface area (Å²) in [5, 5.41) is 0.509. The summed E-state index contributed by atoms with van der Waals surface area (Å²) >= 11 is 6.22. The highest BCUT2D eigenvalue weighted by Gasteiger charge is 2.20. The second-order valence-corrected chi connectivity index (χ2v) is 4.84. The topological polar surface area (TPSA) is 62.3 Å². The third-order valence-electron chi connectivity index (χ3n) is 3.23. The van der Waals surface area contributed by atoms with Gasteiger partial charge in [0.15, 0.2) is 11.5 Å². The highest BCUT2D eigenvalue weighted by molar-refractivity contribution is 6.32. The van der Waals surface area contributed by atoms with Crippen molar-refractivity contribution in [3.8, 4) is 22.8 Å². The molecule has 1 aromatic carbocycles. The molecule has 1 aliphatic heterocycles. The Bertz CT molecular complexity index is 652. The molecule has 0 bridgehead atoms. The zero-order chi connectivity index (χ0) is 13.6. The second-order valence-electron chi connectivity index (χ2n) is 4.43. The Morgan fingerprint density at radius 2 is 2.05 bits per heavy atom. The number of halogens is 1. The zero-order valence-electron chi connectivity index (χ0n) is 10.7. The molecule has 0 spiro atoms. The molecule has 3 rings (SSSR count). The lowest BCUT2D eigenvalue weighted by Crippen LogP contribution is -2.15. The van der Waals surface area contributed by atoms with Crippen LogP contribution in [-0.2, 0) is 7.05 Å². The number of anilines is 1. The number of nitrogen functional groups attached to an aromatic ring is 1. The monoisotopic (exact) mass is 279 g/mol. The minimum absolute atomic E-state index is 0.509. The number of nitrogens with two attached hydrogens (primary N) is 1. The number of aromatic nitrogens is 2. The molecule has 1 aliphatic rings. The van der Waals surface area contributed by atoms with Crippen LogP contribution in [0.1, 0.15) is 5.82 Å². The maximum absolute atomic E-state index is 6.22. The molecule has 2 N–H and O–H groups in total. The Hall–Kier alpha value is -1.88. The third kappa shape index (κ3) is 1.90. The summed E-state index contributed by atoms with van der Waals surface area (Å²) in [4.78, 5) is 4.45. The van der Waals surface area contributed by atoms with Gasteiger partial charge in [-0.2, -0.15) is 0 Å². The van der Waals surface area contributed by atoms with E-state index in [0.29, 0.717) is 41.2 Å². The van der Waals surface area contributed by atoms with Gasteiger partial charge in [-0.1, -0.05) is 11.6 Å². The summed E-state index contributed by atoms with van der Waals surface area (Å²) in [5.74, 6) is 2.67. The van der Waals surface area contributed by atoms with E-state index in [1.807, 2.05) is 24.6 Å². The fraction of sp³-hybridized carbons (Fsp3) is 0.308. The van der Waals surface area contributed by atoms with E-state index in [2.05, 4.69) is 4.98 Å². The van der Waals surface area contributed by atoms with Crippen molar-refractivity contribution >= 4 is 17.4 Å². The molecule has 0 atom stereocenters.